The Morgan fingerprint density at radius 2 is 2.00 bits per heavy atom. The van der Waals surface area contributed by atoms with Gasteiger partial charge in [0, 0.05) is 6.07 Å². The Hall–Kier alpha value is -2.64. The lowest BCUT2D eigenvalue weighted by atomic mass is 10.3. The first-order chi connectivity index (χ1) is 7.65. The van der Waals surface area contributed by atoms with Crippen molar-refractivity contribution in [2.45, 2.75) is 0 Å². The zero-order valence-electron chi connectivity index (χ0n) is 7.90. The van der Waals surface area contributed by atoms with Crippen molar-refractivity contribution in [2.75, 3.05) is 5.73 Å². The number of aromatic hydroxyl groups is 2. The molecular weight excluding hydrogens is 214 g/mol. The molecule has 0 aliphatic rings. The largest absolute Gasteiger partial charge is 0.508 e. The molecule has 0 radical (unpaired) electrons. The summed E-state index contributed by atoms with van der Waals surface area (Å²) in [4.78, 5) is 0. The second-order valence-corrected chi connectivity index (χ2v) is 2.80. The number of nitrogens with zero attached hydrogens (tertiary/aromatic N) is 4. The van der Waals surface area contributed by atoms with Gasteiger partial charge in [0.15, 0.2) is 0 Å². The molecule has 4 N–H and O–H groups in total. The number of phenolic OH excluding ortho intramolecular Hbond substituents is 2. The van der Waals surface area contributed by atoms with Gasteiger partial charge < -0.3 is 20.4 Å². The molecule has 0 bridgehead atoms. The molecule has 0 saturated heterocycles. The Morgan fingerprint density at radius 3 is 2.62 bits per heavy atom. The van der Waals surface area contributed by atoms with Gasteiger partial charge in [0.2, 0.25) is 0 Å². The zero-order valence-corrected chi connectivity index (χ0v) is 7.90. The molecule has 0 aliphatic heterocycles. The van der Waals surface area contributed by atoms with Gasteiger partial charge >= 0.3 is 12.0 Å². The second-order valence-electron chi connectivity index (χ2n) is 2.80. The number of hydrogen-bond donors (Lipinski definition) is 3. The van der Waals surface area contributed by atoms with Crippen LogP contribution in [0.1, 0.15) is 0 Å². The molecule has 2 rings (SSSR count). The molecule has 0 unspecified atom stereocenters. The lowest BCUT2D eigenvalue weighted by Gasteiger charge is -1.96. The summed E-state index contributed by atoms with van der Waals surface area (Å²) >= 11 is 0. The van der Waals surface area contributed by atoms with Gasteiger partial charge in [-0.15, -0.1) is 5.11 Å². The van der Waals surface area contributed by atoms with Gasteiger partial charge in [-0.3, -0.25) is 0 Å². The van der Waals surface area contributed by atoms with Crippen molar-refractivity contribution >= 4 is 17.7 Å². The van der Waals surface area contributed by atoms with E-state index in [1.807, 2.05) is 0 Å². The number of benzene rings is 1. The summed E-state index contributed by atoms with van der Waals surface area (Å²) in [6.07, 6.45) is 0. The monoisotopic (exact) mass is 221 g/mol. The van der Waals surface area contributed by atoms with E-state index < -0.39 is 0 Å². The standard InChI is InChI=1S/C8H7N5O3/c9-7-11-13-8(16-7)12-10-5-2-1-4(14)3-6(5)15/h1-3,14-15H,(H2,9,11). The maximum Gasteiger partial charge on any atom is 0.363 e. The van der Waals surface area contributed by atoms with Gasteiger partial charge in [0.1, 0.15) is 17.2 Å². The van der Waals surface area contributed by atoms with Gasteiger partial charge in [-0.1, -0.05) is 15.3 Å². The number of hydrogen-bond acceptors (Lipinski definition) is 8. The third kappa shape index (κ3) is 2.05. The average molecular weight is 221 g/mol. The van der Waals surface area contributed by atoms with Crippen molar-refractivity contribution in [3.63, 3.8) is 0 Å². The van der Waals surface area contributed by atoms with E-state index in [4.69, 9.17) is 15.3 Å². The maximum absolute atomic E-state index is 9.37. The Morgan fingerprint density at radius 1 is 1.19 bits per heavy atom. The Kier molecular flexibility index (Phi) is 2.38. The predicted octanol–water partition coefficient (Wildman–Crippen LogP) is 1.48. The highest BCUT2D eigenvalue weighted by Gasteiger charge is 2.03. The number of phenols is 2. The Labute approximate surface area is 89.1 Å². The second kappa shape index (κ2) is 3.85. The Balaban J connectivity index is 2.23. The van der Waals surface area contributed by atoms with Crippen molar-refractivity contribution in [2.24, 2.45) is 10.2 Å². The molecule has 0 fully saturated rings. The van der Waals surface area contributed by atoms with Crippen molar-refractivity contribution in [1.29, 1.82) is 0 Å². The van der Waals surface area contributed by atoms with Crippen LogP contribution >= 0.6 is 0 Å². The molecule has 1 heterocycles. The lowest BCUT2D eigenvalue weighted by molar-refractivity contribution is 0.451. The molecular formula is C8H7N5O3. The fraction of sp³-hybridized carbons (Fsp3) is 0. The summed E-state index contributed by atoms with van der Waals surface area (Å²) in [5.74, 6) is -0.283. The van der Waals surface area contributed by atoms with E-state index in [2.05, 4.69) is 20.4 Å². The first kappa shape index (κ1) is 9.90. The number of aromatic nitrogens is 2. The molecule has 82 valence electrons. The van der Waals surface area contributed by atoms with Gasteiger partial charge in [-0.05, 0) is 12.1 Å². The lowest BCUT2D eigenvalue weighted by Crippen LogP contribution is -1.81. The molecule has 0 saturated carbocycles. The molecule has 16 heavy (non-hydrogen) atoms. The van der Waals surface area contributed by atoms with Crippen molar-refractivity contribution in [3.05, 3.63) is 18.2 Å². The molecule has 0 amide bonds. The van der Waals surface area contributed by atoms with E-state index in [1.165, 1.54) is 12.1 Å². The molecule has 8 nitrogen and oxygen atoms in total. The molecule has 1 aromatic carbocycles. The summed E-state index contributed by atoms with van der Waals surface area (Å²) in [6.45, 7) is 0. The highest BCUT2D eigenvalue weighted by Crippen LogP contribution is 2.30. The molecule has 8 heteroatoms. The molecule has 0 atom stereocenters. The summed E-state index contributed by atoms with van der Waals surface area (Å²) in [7, 11) is 0. The van der Waals surface area contributed by atoms with Crippen molar-refractivity contribution in [3.8, 4) is 11.5 Å². The minimum absolute atomic E-state index is 0.0708. The molecule has 1 aromatic heterocycles. The van der Waals surface area contributed by atoms with Crippen LogP contribution < -0.4 is 5.73 Å². The fourth-order valence-electron chi connectivity index (χ4n) is 0.960. The molecule has 0 aliphatic carbocycles. The number of rotatable bonds is 2. The van der Waals surface area contributed by atoms with Crippen LogP contribution in [0.4, 0.5) is 17.7 Å². The van der Waals surface area contributed by atoms with Crippen LogP contribution in [0, 0.1) is 0 Å². The van der Waals surface area contributed by atoms with E-state index >= 15 is 0 Å². The van der Waals surface area contributed by atoms with Crippen LogP contribution in [0.25, 0.3) is 0 Å². The van der Waals surface area contributed by atoms with E-state index in [0.717, 1.165) is 6.07 Å². The first-order valence-electron chi connectivity index (χ1n) is 4.18. The highest BCUT2D eigenvalue weighted by atomic mass is 16.4. The Bertz CT molecular complexity index is 536. The molecule has 2 aromatic rings. The summed E-state index contributed by atoms with van der Waals surface area (Å²) in [5, 5.41) is 32.4. The molecule has 0 spiro atoms. The van der Waals surface area contributed by atoms with E-state index in [1.54, 1.807) is 0 Å². The van der Waals surface area contributed by atoms with Gasteiger partial charge in [-0.2, -0.15) is 0 Å². The number of anilines is 1. The number of nitrogen functional groups attached to an aromatic ring is 1. The highest BCUT2D eigenvalue weighted by molar-refractivity contribution is 5.53. The fourth-order valence-corrected chi connectivity index (χ4v) is 0.960. The van der Waals surface area contributed by atoms with Crippen molar-refractivity contribution < 1.29 is 14.6 Å². The van der Waals surface area contributed by atoms with Crippen LogP contribution in [0.15, 0.2) is 32.8 Å². The number of azo groups is 1. The quantitative estimate of drug-likeness (QED) is 0.658. The van der Waals surface area contributed by atoms with Crippen LogP contribution in [0.5, 0.6) is 11.5 Å². The predicted molar refractivity (Wildman–Crippen MR) is 52.7 cm³/mol. The summed E-state index contributed by atoms with van der Waals surface area (Å²) in [5.41, 5.74) is 5.33. The van der Waals surface area contributed by atoms with E-state index in [-0.39, 0.29) is 29.2 Å². The third-order valence-electron chi connectivity index (χ3n) is 1.63. The van der Waals surface area contributed by atoms with Crippen LogP contribution in [-0.4, -0.2) is 20.4 Å². The maximum atomic E-state index is 9.37. The van der Waals surface area contributed by atoms with E-state index in [0.29, 0.717) is 0 Å². The van der Waals surface area contributed by atoms with Gasteiger partial charge in [-0.25, -0.2) is 0 Å². The zero-order chi connectivity index (χ0) is 11.5. The topological polar surface area (TPSA) is 130 Å². The minimum atomic E-state index is -0.212. The van der Waals surface area contributed by atoms with E-state index in [9.17, 15) is 5.11 Å². The van der Waals surface area contributed by atoms with Crippen LogP contribution in [0.3, 0.4) is 0 Å². The average Bonchev–Trinajstić information content (AvgIpc) is 2.63. The SMILES string of the molecule is Nc1nnc(N=Nc2ccc(O)cc2O)o1. The normalized spacial score (nSPS) is 11.0. The van der Waals surface area contributed by atoms with Gasteiger partial charge in [0.05, 0.1) is 0 Å². The van der Waals surface area contributed by atoms with Gasteiger partial charge in [0.25, 0.3) is 0 Å². The van der Waals surface area contributed by atoms with Crippen molar-refractivity contribution in [1.82, 2.24) is 10.2 Å². The first-order valence-corrected chi connectivity index (χ1v) is 4.18. The summed E-state index contributed by atoms with van der Waals surface area (Å²) in [6, 6.07) is 3.63. The van der Waals surface area contributed by atoms with Crippen LogP contribution in [-0.2, 0) is 0 Å². The van der Waals surface area contributed by atoms with Crippen LogP contribution in [0.2, 0.25) is 0 Å². The minimum Gasteiger partial charge on any atom is -0.508 e. The smallest absolute Gasteiger partial charge is 0.363 e. The number of nitrogens with two attached hydrogens (primary N) is 1. The third-order valence-corrected chi connectivity index (χ3v) is 1.63. The summed E-state index contributed by atoms with van der Waals surface area (Å²) < 4.78 is 4.73.